The Kier molecular flexibility index (Phi) is 4.34. The van der Waals surface area contributed by atoms with Gasteiger partial charge in [0.25, 0.3) is 0 Å². The Hall–Kier alpha value is -1.84. The zero-order valence-electron chi connectivity index (χ0n) is 10.2. The second-order valence-electron chi connectivity index (χ2n) is 4.49. The number of ketones is 1. The molecule has 4 nitrogen and oxygen atoms in total. The number of hydrogen-bond donors (Lipinski definition) is 1. The molecule has 1 aromatic carbocycles. The van der Waals surface area contributed by atoms with Crippen LogP contribution in [0.2, 0.25) is 0 Å². The molecule has 0 spiro atoms. The Labute approximate surface area is 106 Å². The third-order valence-corrected chi connectivity index (χ3v) is 3.02. The van der Waals surface area contributed by atoms with E-state index in [2.05, 4.69) is 5.32 Å². The van der Waals surface area contributed by atoms with E-state index >= 15 is 0 Å². The maximum absolute atomic E-state index is 11.7. The fourth-order valence-electron chi connectivity index (χ4n) is 2.06. The molecule has 0 bridgehead atoms. The number of Topliss-reactive ketones (excluding diaryl/α,β-unsaturated/α-hetero) is 1. The Morgan fingerprint density at radius 3 is 2.72 bits per heavy atom. The fourth-order valence-corrected chi connectivity index (χ4v) is 2.06. The lowest BCUT2D eigenvalue weighted by molar-refractivity contribution is -0.119. The van der Waals surface area contributed by atoms with E-state index in [0.717, 1.165) is 12.8 Å². The average Bonchev–Trinajstić information content (AvgIpc) is 2.56. The number of ether oxygens (including phenoxy) is 1. The summed E-state index contributed by atoms with van der Waals surface area (Å²) in [4.78, 5) is 22.9. The zero-order chi connectivity index (χ0) is 12.8. The number of amides is 1. The summed E-state index contributed by atoms with van der Waals surface area (Å²) in [5, 5.41) is 2.67. The lowest BCUT2D eigenvalue weighted by Gasteiger charge is -2.15. The molecule has 96 valence electrons. The minimum atomic E-state index is -0.444. The third-order valence-electron chi connectivity index (χ3n) is 3.02. The molecule has 18 heavy (non-hydrogen) atoms. The van der Waals surface area contributed by atoms with E-state index in [9.17, 15) is 9.59 Å². The van der Waals surface area contributed by atoms with Gasteiger partial charge in [0.1, 0.15) is 11.9 Å². The van der Waals surface area contributed by atoms with Crippen LogP contribution >= 0.6 is 0 Å². The van der Waals surface area contributed by atoms with Gasteiger partial charge in [0.15, 0.2) is 0 Å². The molecule has 0 radical (unpaired) electrons. The Bertz CT molecular complexity index is 416. The summed E-state index contributed by atoms with van der Waals surface area (Å²) in [7, 11) is 0. The smallest absolute Gasteiger partial charge is 0.411 e. The van der Waals surface area contributed by atoms with E-state index < -0.39 is 6.09 Å². The number of nitrogens with one attached hydrogen (secondary N) is 1. The summed E-state index contributed by atoms with van der Waals surface area (Å²) in [6.07, 6.45) is 2.77. The van der Waals surface area contributed by atoms with Gasteiger partial charge in [-0.15, -0.1) is 0 Å². The molecule has 0 heterocycles. The highest BCUT2D eigenvalue weighted by atomic mass is 16.6. The van der Waals surface area contributed by atoms with Gasteiger partial charge >= 0.3 is 6.09 Å². The van der Waals surface area contributed by atoms with Crippen molar-refractivity contribution in [3.8, 4) is 0 Å². The maximum atomic E-state index is 11.7. The van der Waals surface area contributed by atoms with Gasteiger partial charge in [-0.25, -0.2) is 4.79 Å². The first kappa shape index (κ1) is 12.6. The lowest BCUT2D eigenvalue weighted by atomic mass is 10.1. The molecular weight excluding hydrogens is 230 g/mol. The minimum Gasteiger partial charge on any atom is -0.446 e. The first-order chi connectivity index (χ1) is 8.74. The normalized spacial score (nSPS) is 20.0. The van der Waals surface area contributed by atoms with Crippen molar-refractivity contribution in [2.45, 2.75) is 38.2 Å². The molecule has 1 aliphatic rings. The molecule has 0 unspecified atom stereocenters. The predicted octanol–water partition coefficient (Wildman–Crippen LogP) is 3.14. The van der Waals surface area contributed by atoms with Crippen molar-refractivity contribution in [1.29, 1.82) is 0 Å². The second-order valence-corrected chi connectivity index (χ2v) is 4.49. The van der Waals surface area contributed by atoms with Gasteiger partial charge < -0.3 is 4.74 Å². The first-order valence-electron chi connectivity index (χ1n) is 6.28. The van der Waals surface area contributed by atoms with Crippen molar-refractivity contribution in [2.24, 2.45) is 0 Å². The number of carbonyl (C=O) groups excluding carboxylic acids is 2. The molecule has 1 aliphatic carbocycles. The van der Waals surface area contributed by atoms with Crippen LogP contribution in [0.25, 0.3) is 0 Å². The van der Waals surface area contributed by atoms with E-state index in [1.165, 1.54) is 0 Å². The van der Waals surface area contributed by atoms with Gasteiger partial charge in [0.05, 0.1) is 0 Å². The zero-order valence-corrected chi connectivity index (χ0v) is 10.2. The highest BCUT2D eigenvalue weighted by Crippen LogP contribution is 2.18. The number of rotatable bonds is 2. The molecule has 1 atom stereocenters. The molecule has 4 heteroatoms. The van der Waals surface area contributed by atoms with E-state index in [-0.39, 0.29) is 11.9 Å². The molecule has 1 amide bonds. The van der Waals surface area contributed by atoms with Crippen LogP contribution in [0.1, 0.15) is 32.1 Å². The molecule has 1 N–H and O–H groups in total. The average molecular weight is 247 g/mol. The van der Waals surface area contributed by atoms with E-state index in [4.69, 9.17) is 4.74 Å². The monoisotopic (exact) mass is 247 g/mol. The van der Waals surface area contributed by atoms with Crippen LogP contribution in [0.3, 0.4) is 0 Å². The number of benzene rings is 1. The molecule has 1 saturated carbocycles. The highest BCUT2D eigenvalue weighted by molar-refractivity contribution is 5.84. The highest BCUT2D eigenvalue weighted by Gasteiger charge is 2.19. The van der Waals surface area contributed by atoms with Crippen LogP contribution in [-0.4, -0.2) is 18.0 Å². The Morgan fingerprint density at radius 2 is 1.94 bits per heavy atom. The second kappa shape index (κ2) is 6.19. The van der Waals surface area contributed by atoms with Crippen molar-refractivity contribution in [2.75, 3.05) is 5.32 Å². The van der Waals surface area contributed by atoms with E-state index in [0.29, 0.717) is 24.9 Å². The van der Waals surface area contributed by atoms with Gasteiger partial charge in [0, 0.05) is 18.5 Å². The number of anilines is 1. The number of para-hydroxylation sites is 1. The summed E-state index contributed by atoms with van der Waals surface area (Å²) in [5.41, 5.74) is 0.715. The molecule has 1 fully saturated rings. The molecule has 0 saturated heterocycles. The van der Waals surface area contributed by atoms with Crippen molar-refractivity contribution < 1.29 is 14.3 Å². The molecular formula is C14H17NO3. The summed E-state index contributed by atoms with van der Waals surface area (Å²) in [6, 6.07) is 9.18. The third kappa shape index (κ3) is 3.87. The van der Waals surface area contributed by atoms with Crippen LogP contribution in [0.4, 0.5) is 10.5 Å². The van der Waals surface area contributed by atoms with Gasteiger partial charge in [-0.05, 0) is 31.4 Å². The van der Waals surface area contributed by atoms with Crippen LogP contribution in [0, 0.1) is 0 Å². The Balaban J connectivity index is 1.82. The maximum Gasteiger partial charge on any atom is 0.411 e. The SMILES string of the molecule is O=C1CCC[C@H](OC(=O)Nc2ccccc2)CC1. The van der Waals surface area contributed by atoms with Crippen LogP contribution in [0.5, 0.6) is 0 Å². The van der Waals surface area contributed by atoms with Crippen molar-refractivity contribution >= 4 is 17.6 Å². The summed E-state index contributed by atoms with van der Waals surface area (Å²) in [6.45, 7) is 0. The predicted molar refractivity (Wildman–Crippen MR) is 68.4 cm³/mol. The molecule has 0 aliphatic heterocycles. The van der Waals surface area contributed by atoms with Crippen LogP contribution in [-0.2, 0) is 9.53 Å². The largest absolute Gasteiger partial charge is 0.446 e. The standard InChI is InChI=1S/C14H17NO3/c16-12-7-4-8-13(10-9-12)18-14(17)15-11-5-2-1-3-6-11/h1-3,5-6,13H,4,7-10H2,(H,15,17)/t13-/m0/s1. The van der Waals surface area contributed by atoms with Gasteiger partial charge in [-0.3, -0.25) is 10.1 Å². The van der Waals surface area contributed by atoms with Gasteiger partial charge in [-0.1, -0.05) is 18.2 Å². The van der Waals surface area contributed by atoms with Crippen molar-refractivity contribution in [3.05, 3.63) is 30.3 Å². The lowest BCUT2D eigenvalue weighted by Crippen LogP contribution is -2.22. The quantitative estimate of drug-likeness (QED) is 0.817. The fraction of sp³-hybridized carbons (Fsp3) is 0.429. The van der Waals surface area contributed by atoms with Crippen molar-refractivity contribution in [1.82, 2.24) is 0 Å². The summed E-state index contributed by atoms with van der Waals surface area (Å²) in [5.74, 6) is 0.268. The molecule has 0 aromatic heterocycles. The number of carbonyl (C=O) groups is 2. The van der Waals surface area contributed by atoms with Crippen LogP contribution in [0.15, 0.2) is 30.3 Å². The summed E-state index contributed by atoms with van der Waals surface area (Å²) >= 11 is 0. The Morgan fingerprint density at radius 1 is 1.17 bits per heavy atom. The van der Waals surface area contributed by atoms with Crippen molar-refractivity contribution in [3.63, 3.8) is 0 Å². The van der Waals surface area contributed by atoms with E-state index in [1.54, 1.807) is 12.1 Å². The minimum absolute atomic E-state index is 0.139. The number of hydrogen-bond acceptors (Lipinski definition) is 3. The van der Waals surface area contributed by atoms with Gasteiger partial charge in [0.2, 0.25) is 0 Å². The summed E-state index contributed by atoms with van der Waals surface area (Å²) < 4.78 is 5.32. The van der Waals surface area contributed by atoms with Gasteiger partial charge in [-0.2, -0.15) is 0 Å². The van der Waals surface area contributed by atoms with E-state index in [1.807, 2.05) is 18.2 Å². The topological polar surface area (TPSA) is 55.4 Å². The van der Waals surface area contributed by atoms with Crippen LogP contribution < -0.4 is 5.32 Å². The molecule has 1 aromatic rings. The molecule has 2 rings (SSSR count). The first-order valence-corrected chi connectivity index (χ1v) is 6.28.